The molecule has 0 aromatic carbocycles. The number of anilines is 1. The number of alkyl halides is 1. The predicted molar refractivity (Wildman–Crippen MR) is 66.0 cm³/mol. The van der Waals surface area contributed by atoms with E-state index in [9.17, 15) is 0 Å². The third-order valence-electron chi connectivity index (χ3n) is 1.81. The molecule has 1 rings (SSSR count). The molecule has 14 heavy (non-hydrogen) atoms. The van der Waals surface area contributed by atoms with Gasteiger partial charge in [0.25, 0.3) is 0 Å². The molecule has 1 heterocycles. The van der Waals surface area contributed by atoms with Crippen LogP contribution in [0.2, 0.25) is 0 Å². The molecule has 1 aromatic rings. The van der Waals surface area contributed by atoms with E-state index in [0.29, 0.717) is 4.83 Å². The summed E-state index contributed by atoms with van der Waals surface area (Å²) in [5.41, 5.74) is 0. The predicted octanol–water partition coefficient (Wildman–Crippen LogP) is 2.85. The lowest BCUT2D eigenvalue weighted by atomic mass is 10.3. The molecule has 1 unspecified atom stereocenters. The molecule has 0 spiro atoms. The summed E-state index contributed by atoms with van der Waals surface area (Å²) in [6, 6.07) is 0. The molecule has 0 saturated carbocycles. The molecule has 5 heteroatoms. The minimum absolute atomic E-state index is 0.528. The van der Waals surface area contributed by atoms with Gasteiger partial charge < -0.3 is 4.90 Å². The maximum atomic E-state index is 4.21. The van der Waals surface area contributed by atoms with Crippen molar-refractivity contribution in [2.75, 3.05) is 18.5 Å². The summed E-state index contributed by atoms with van der Waals surface area (Å²) < 4.78 is 0.906. The topological polar surface area (TPSA) is 29.0 Å². The zero-order valence-electron chi connectivity index (χ0n) is 8.24. The van der Waals surface area contributed by atoms with Gasteiger partial charge in [-0.1, -0.05) is 22.9 Å². The van der Waals surface area contributed by atoms with Gasteiger partial charge in [-0.3, -0.25) is 0 Å². The molecule has 0 aliphatic heterocycles. The summed E-state index contributed by atoms with van der Waals surface area (Å²) in [4.78, 5) is 11.0. The number of hydrogen-bond acceptors (Lipinski definition) is 3. The van der Waals surface area contributed by atoms with Gasteiger partial charge in [0.2, 0.25) is 5.95 Å². The number of hydrogen-bond donors (Lipinski definition) is 0. The molecule has 3 nitrogen and oxygen atoms in total. The van der Waals surface area contributed by atoms with E-state index in [4.69, 9.17) is 0 Å². The lowest BCUT2D eigenvalue weighted by Gasteiger charge is -2.17. The van der Waals surface area contributed by atoms with Gasteiger partial charge >= 0.3 is 0 Å². The van der Waals surface area contributed by atoms with Gasteiger partial charge in [0.15, 0.2) is 0 Å². The minimum atomic E-state index is 0.528. The largest absolute Gasteiger partial charge is 0.344 e. The van der Waals surface area contributed by atoms with Gasteiger partial charge in [-0.2, -0.15) is 0 Å². The minimum Gasteiger partial charge on any atom is -0.344 e. The number of nitrogens with zero attached hydrogens (tertiary/aromatic N) is 3. The van der Waals surface area contributed by atoms with Crippen LogP contribution in [-0.4, -0.2) is 28.4 Å². The van der Waals surface area contributed by atoms with Crippen LogP contribution in [0.1, 0.15) is 13.3 Å². The highest BCUT2D eigenvalue weighted by Crippen LogP contribution is 2.11. The van der Waals surface area contributed by atoms with Crippen molar-refractivity contribution in [3.63, 3.8) is 0 Å². The van der Waals surface area contributed by atoms with E-state index in [-0.39, 0.29) is 0 Å². The Kier molecular flexibility index (Phi) is 4.81. The summed E-state index contributed by atoms with van der Waals surface area (Å²) in [5, 5.41) is 0. The Morgan fingerprint density at radius 3 is 2.50 bits per heavy atom. The van der Waals surface area contributed by atoms with Crippen molar-refractivity contribution in [3.05, 3.63) is 16.9 Å². The summed E-state index contributed by atoms with van der Waals surface area (Å²) in [6.07, 6.45) is 4.60. The maximum Gasteiger partial charge on any atom is 0.225 e. The Balaban J connectivity index is 2.52. The van der Waals surface area contributed by atoms with Crippen molar-refractivity contribution in [3.8, 4) is 0 Å². The van der Waals surface area contributed by atoms with E-state index in [1.165, 1.54) is 0 Å². The van der Waals surface area contributed by atoms with Crippen LogP contribution >= 0.6 is 31.9 Å². The lowest BCUT2D eigenvalue weighted by molar-refractivity contribution is 0.767. The summed E-state index contributed by atoms with van der Waals surface area (Å²) in [5.74, 6) is 0.765. The molecule has 0 aliphatic rings. The van der Waals surface area contributed by atoms with Crippen LogP contribution in [0.5, 0.6) is 0 Å². The van der Waals surface area contributed by atoms with Crippen molar-refractivity contribution in [1.82, 2.24) is 9.97 Å². The van der Waals surface area contributed by atoms with Crippen LogP contribution in [0.15, 0.2) is 16.9 Å². The molecule has 0 aliphatic carbocycles. The van der Waals surface area contributed by atoms with Gasteiger partial charge in [-0.05, 0) is 22.4 Å². The second kappa shape index (κ2) is 5.66. The molecular formula is C9H13Br2N3. The molecule has 0 N–H and O–H groups in total. The molecule has 0 radical (unpaired) electrons. The Morgan fingerprint density at radius 2 is 2.00 bits per heavy atom. The zero-order valence-corrected chi connectivity index (χ0v) is 11.4. The van der Waals surface area contributed by atoms with Crippen molar-refractivity contribution in [1.29, 1.82) is 0 Å². The first kappa shape index (κ1) is 11.9. The van der Waals surface area contributed by atoms with Crippen LogP contribution in [-0.2, 0) is 0 Å². The van der Waals surface area contributed by atoms with Crippen molar-refractivity contribution >= 4 is 37.8 Å². The van der Waals surface area contributed by atoms with Gasteiger partial charge in [-0.15, -0.1) is 0 Å². The molecule has 78 valence electrons. The maximum absolute atomic E-state index is 4.21. The summed E-state index contributed by atoms with van der Waals surface area (Å²) in [6.45, 7) is 3.09. The Morgan fingerprint density at radius 1 is 1.43 bits per heavy atom. The van der Waals surface area contributed by atoms with E-state index in [2.05, 4.69) is 48.8 Å². The van der Waals surface area contributed by atoms with E-state index < -0.39 is 0 Å². The molecule has 0 saturated heterocycles. The first-order chi connectivity index (χ1) is 6.59. The van der Waals surface area contributed by atoms with Crippen LogP contribution in [0.4, 0.5) is 5.95 Å². The highest BCUT2D eigenvalue weighted by molar-refractivity contribution is 9.10. The van der Waals surface area contributed by atoms with Crippen molar-refractivity contribution in [2.24, 2.45) is 0 Å². The number of aromatic nitrogens is 2. The fourth-order valence-electron chi connectivity index (χ4n) is 0.974. The molecule has 1 aromatic heterocycles. The van der Waals surface area contributed by atoms with E-state index >= 15 is 0 Å². The van der Waals surface area contributed by atoms with Crippen molar-refractivity contribution < 1.29 is 0 Å². The lowest BCUT2D eigenvalue weighted by Crippen LogP contribution is -2.22. The number of halogens is 2. The highest BCUT2D eigenvalue weighted by atomic mass is 79.9. The standard InChI is InChI=1S/C9H13Br2N3/c1-7(10)3-4-14(2)9-12-5-8(11)6-13-9/h5-7H,3-4H2,1-2H3. The van der Waals surface area contributed by atoms with Gasteiger partial charge in [0.05, 0.1) is 4.47 Å². The quantitative estimate of drug-likeness (QED) is 0.798. The first-order valence-electron chi connectivity index (χ1n) is 4.42. The normalized spacial score (nSPS) is 12.6. The van der Waals surface area contributed by atoms with E-state index in [1.54, 1.807) is 12.4 Å². The SMILES string of the molecule is CC(Br)CCN(C)c1ncc(Br)cn1. The fourth-order valence-corrected chi connectivity index (χ4v) is 1.38. The van der Waals surface area contributed by atoms with Crippen LogP contribution in [0.25, 0.3) is 0 Å². The average Bonchev–Trinajstić information content (AvgIpc) is 2.15. The molecule has 1 atom stereocenters. The van der Waals surface area contributed by atoms with E-state index in [1.807, 2.05) is 11.9 Å². The van der Waals surface area contributed by atoms with Crippen LogP contribution < -0.4 is 4.90 Å². The summed E-state index contributed by atoms with van der Waals surface area (Å²) >= 11 is 6.82. The fraction of sp³-hybridized carbons (Fsp3) is 0.556. The number of rotatable bonds is 4. The van der Waals surface area contributed by atoms with Crippen LogP contribution in [0.3, 0.4) is 0 Å². The summed E-state index contributed by atoms with van der Waals surface area (Å²) in [7, 11) is 2.00. The van der Waals surface area contributed by atoms with Crippen molar-refractivity contribution in [2.45, 2.75) is 18.2 Å². The second-order valence-electron chi connectivity index (χ2n) is 3.19. The smallest absolute Gasteiger partial charge is 0.225 e. The highest BCUT2D eigenvalue weighted by Gasteiger charge is 2.04. The van der Waals surface area contributed by atoms with Crippen LogP contribution in [0, 0.1) is 0 Å². The van der Waals surface area contributed by atoms with Gasteiger partial charge in [-0.25, -0.2) is 9.97 Å². The molecule has 0 amide bonds. The third-order valence-corrected chi connectivity index (χ3v) is 2.68. The zero-order chi connectivity index (χ0) is 10.6. The van der Waals surface area contributed by atoms with Gasteiger partial charge in [0.1, 0.15) is 0 Å². The monoisotopic (exact) mass is 321 g/mol. The Labute approximate surface area is 101 Å². The van der Waals surface area contributed by atoms with Gasteiger partial charge in [0, 0.05) is 30.8 Å². The molecular weight excluding hydrogens is 310 g/mol. The molecule has 0 bridgehead atoms. The van der Waals surface area contributed by atoms with E-state index in [0.717, 1.165) is 23.4 Å². The Hall–Kier alpha value is -0.160. The first-order valence-corrected chi connectivity index (χ1v) is 6.13. The second-order valence-corrected chi connectivity index (χ2v) is 5.67. The molecule has 0 fully saturated rings. The average molecular weight is 323 g/mol. The Bertz CT molecular complexity index is 274. The third kappa shape index (κ3) is 3.92.